The van der Waals surface area contributed by atoms with E-state index in [9.17, 15) is 12.8 Å². The summed E-state index contributed by atoms with van der Waals surface area (Å²) in [5, 5.41) is 8.45. The van der Waals surface area contributed by atoms with Gasteiger partial charge in [0.1, 0.15) is 10.7 Å². The number of hydrogen-bond donors (Lipinski definition) is 2. The monoisotopic (exact) mass is 278 g/mol. The maximum atomic E-state index is 12.8. The van der Waals surface area contributed by atoms with E-state index in [2.05, 4.69) is 9.71 Å². The number of aromatic nitrogens is 1. The molecule has 18 heavy (non-hydrogen) atoms. The summed E-state index contributed by atoms with van der Waals surface area (Å²) in [6.07, 6.45) is 2.47. The van der Waals surface area contributed by atoms with E-state index in [0.29, 0.717) is 13.0 Å². The zero-order chi connectivity index (χ0) is 13.4. The third-order valence-corrected chi connectivity index (χ3v) is 3.41. The number of aliphatic hydroxyl groups excluding tert-OH is 1. The van der Waals surface area contributed by atoms with Crippen molar-refractivity contribution in [2.24, 2.45) is 0 Å². The number of rotatable bonds is 8. The van der Waals surface area contributed by atoms with Gasteiger partial charge in [-0.1, -0.05) is 0 Å². The van der Waals surface area contributed by atoms with Gasteiger partial charge in [-0.05, 0) is 12.5 Å². The van der Waals surface area contributed by atoms with Gasteiger partial charge in [-0.2, -0.15) is 0 Å². The first-order chi connectivity index (χ1) is 8.56. The number of hydrogen-bond acceptors (Lipinski definition) is 5. The molecule has 0 bridgehead atoms. The quantitative estimate of drug-likeness (QED) is 0.648. The molecule has 0 aromatic carbocycles. The molecule has 0 fully saturated rings. The molecule has 8 heteroatoms. The van der Waals surface area contributed by atoms with Crippen LogP contribution >= 0.6 is 0 Å². The van der Waals surface area contributed by atoms with Gasteiger partial charge in [0.05, 0.1) is 19.4 Å². The topological polar surface area (TPSA) is 88.5 Å². The van der Waals surface area contributed by atoms with Gasteiger partial charge >= 0.3 is 0 Å². The fourth-order valence-electron chi connectivity index (χ4n) is 1.17. The van der Waals surface area contributed by atoms with Crippen LogP contribution < -0.4 is 4.72 Å². The Kier molecular flexibility index (Phi) is 6.13. The van der Waals surface area contributed by atoms with E-state index >= 15 is 0 Å². The maximum Gasteiger partial charge on any atom is 0.242 e. The highest BCUT2D eigenvalue weighted by Gasteiger charge is 2.14. The Morgan fingerprint density at radius 1 is 1.39 bits per heavy atom. The van der Waals surface area contributed by atoms with Crippen LogP contribution in [0.3, 0.4) is 0 Å². The molecule has 0 radical (unpaired) electrons. The molecule has 0 unspecified atom stereocenters. The van der Waals surface area contributed by atoms with Gasteiger partial charge in [-0.15, -0.1) is 0 Å². The van der Waals surface area contributed by atoms with Crippen LogP contribution in [0, 0.1) is 5.82 Å². The van der Waals surface area contributed by atoms with E-state index < -0.39 is 15.8 Å². The second-order valence-electron chi connectivity index (χ2n) is 3.43. The predicted octanol–water partition coefficient (Wildman–Crippen LogP) is -0.102. The van der Waals surface area contributed by atoms with Crippen LogP contribution in [0.1, 0.15) is 6.42 Å². The van der Waals surface area contributed by atoms with Crippen molar-refractivity contribution in [2.75, 3.05) is 26.4 Å². The molecule has 0 amide bonds. The number of ether oxygens (including phenoxy) is 1. The number of halogens is 1. The molecule has 1 heterocycles. The highest BCUT2D eigenvalue weighted by molar-refractivity contribution is 7.89. The zero-order valence-electron chi connectivity index (χ0n) is 9.67. The highest BCUT2D eigenvalue weighted by Crippen LogP contribution is 2.07. The molecule has 0 atom stereocenters. The van der Waals surface area contributed by atoms with Crippen molar-refractivity contribution in [2.45, 2.75) is 11.3 Å². The van der Waals surface area contributed by atoms with Crippen LogP contribution in [0.15, 0.2) is 23.4 Å². The molecule has 0 saturated carbocycles. The Bertz CT molecular complexity index is 467. The van der Waals surface area contributed by atoms with E-state index in [-0.39, 0.29) is 24.7 Å². The fourth-order valence-corrected chi connectivity index (χ4v) is 2.22. The van der Waals surface area contributed by atoms with E-state index in [0.717, 1.165) is 18.5 Å². The van der Waals surface area contributed by atoms with Gasteiger partial charge in [0.2, 0.25) is 10.0 Å². The first kappa shape index (κ1) is 15.0. The van der Waals surface area contributed by atoms with E-state index in [1.54, 1.807) is 0 Å². The molecule has 0 saturated heterocycles. The Morgan fingerprint density at radius 3 is 2.83 bits per heavy atom. The van der Waals surface area contributed by atoms with Crippen LogP contribution in [-0.4, -0.2) is 44.9 Å². The van der Waals surface area contributed by atoms with Gasteiger partial charge in [0.15, 0.2) is 0 Å². The molecule has 2 N–H and O–H groups in total. The molecule has 6 nitrogen and oxygen atoms in total. The van der Waals surface area contributed by atoms with Crippen molar-refractivity contribution in [1.29, 1.82) is 0 Å². The van der Waals surface area contributed by atoms with Crippen LogP contribution in [0.2, 0.25) is 0 Å². The molecule has 0 aliphatic carbocycles. The molecular weight excluding hydrogens is 263 g/mol. The summed E-state index contributed by atoms with van der Waals surface area (Å²) in [6.45, 7) is 0.663. The number of nitrogens with zero attached hydrogens (tertiary/aromatic N) is 1. The summed E-state index contributed by atoms with van der Waals surface area (Å²) in [5.41, 5.74) is 0. The fraction of sp³-hybridized carbons (Fsp3) is 0.500. The second-order valence-corrected chi connectivity index (χ2v) is 5.19. The van der Waals surface area contributed by atoms with E-state index in [4.69, 9.17) is 9.84 Å². The molecular formula is C10H15FN2O4S. The lowest BCUT2D eigenvalue weighted by Crippen LogP contribution is -2.26. The summed E-state index contributed by atoms with van der Waals surface area (Å²) in [5.74, 6) is -0.704. The van der Waals surface area contributed by atoms with Crippen LogP contribution in [0.4, 0.5) is 4.39 Å². The standard InChI is InChI=1S/C10H15FN2O4S/c11-9-6-10(8-12-7-9)18(15,16)13-2-1-4-17-5-3-14/h6-8,13-14H,1-5H2. The summed E-state index contributed by atoms with van der Waals surface area (Å²) in [4.78, 5) is 3.26. The first-order valence-corrected chi connectivity index (χ1v) is 6.83. The Balaban J connectivity index is 2.41. The lowest BCUT2D eigenvalue weighted by molar-refractivity contribution is 0.0913. The summed E-state index contributed by atoms with van der Waals surface area (Å²) in [6, 6.07) is 0.900. The summed E-state index contributed by atoms with van der Waals surface area (Å²) >= 11 is 0. The van der Waals surface area contributed by atoms with Crippen molar-refractivity contribution >= 4 is 10.0 Å². The number of aliphatic hydroxyl groups is 1. The highest BCUT2D eigenvalue weighted by atomic mass is 32.2. The van der Waals surface area contributed by atoms with Crippen molar-refractivity contribution in [3.63, 3.8) is 0 Å². The molecule has 1 rings (SSSR count). The molecule has 0 spiro atoms. The average Bonchev–Trinajstić information content (AvgIpc) is 2.33. The third-order valence-electron chi connectivity index (χ3n) is 1.98. The largest absolute Gasteiger partial charge is 0.394 e. The lowest BCUT2D eigenvalue weighted by Gasteiger charge is -2.06. The van der Waals surface area contributed by atoms with Gasteiger partial charge < -0.3 is 9.84 Å². The summed E-state index contributed by atoms with van der Waals surface area (Å²) < 4.78 is 43.4. The Hall–Kier alpha value is -1.09. The van der Waals surface area contributed by atoms with Crippen molar-refractivity contribution in [1.82, 2.24) is 9.71 Å². The minimum atomic E-state index is -3.73. The predicted molar refractivity (Wildman–Crippen MR) is 61.9 cm³/mol. The zero-order valence-corrected chi connectivity index (χ0v) is 10.5. The van der Waals surface area contributed by atoms with Crippen LogP contribution in [0.5, 0.6) is 0 Å². The average molecular weight is 278 g/mol. The lowest BCUT2D eigenvalue weighted by atomic mass is 10.5. The molecule has 1 aromatic rings. The van der Waals surface area contributed by atoms with Gasteiger partial charge in [0.25, 0.3) is 0 Å². The molecule has 0 aliphatic rings. The number of sulfonamides is 1. The SMILES string of the molecule is O=S(=O)(NCCCOCCO)c1cncc(F)c1. The maximum absolute atomic E-state index is 12.8. The van der Waals surface area contributed by atoms with Crippen LogP contribution in [0.25, 0.3) is 0 Å². The molecule has 0 aliphatic heterocycles. The smallest absolute Gasteiger partial charge is 0.242 e. The van der Waals surface area contributed by atoms with Gasteiger partial charge in [-0.3, -0.25) is 4.98 Å². The van der Waals surface area contributed by atoms with Crippen molar-refractivity contribution < 1.29 is 22.7 Å². The van der Waals surface area contributed by atoms with Crippen LogP contribution in [-0.2, 0) is 14.8 Å². The summed E-state index contributed by atoms with van der Waals surface area (Å²) in [7, 11) is -3.73. The van der Waals surface area contributed by atoms with Gasteiger partial charge in [0, 0.05) is 19.3 Å². The number of pyridine rings is 1. The molecule has 102 valence electrons. The number of nitrogens with one attached hydrogen (secondary N) is 1. The molecule has 1 aromatic heterocycles. The first-order valence-electron chi connectivity index (χ1n) is 5.35. The van der Waals surface area contributed by atoms with Crippen molar-refractivity contribution in [3.05, 3.63) is 24.3 Å². The van der Waals surface area contributed by atoms with Crippen molar-refractivity contribution in [3.8, 4) is 0 Å². The minimum Gasteiger partial charge on any atom is -0.394 e. The third kappa shape index (κ3) is 5.05. The minimum absolute atomic E-state index is 0.0688. The second kappa shape index (κ2) is 7.37. The Labute approximate surface area is 105 Å². The van der Waals surface area contributed by atoms with E-state index in [1.807, 2.05) is 0 Å². The Morgan fingerprint density at radius 2 is 2.17 bits per heavy atom. The normalized spacial score (nSPS) is 11.7. The van der Waals surface area contributed by atoms with E-state index in [1.165, 1.54) is 0 Å². The van der Waals surface area contributed by atoms with Gasteiger partial charge in [-0.25, -0.2) is 17.5 Å².